The number of rotatable bonds is 8. The Morgan fingerprint density at radius 3 is 1.44 bits per heavy atom. The molecule has 0 spiro atoms. The molecule has 6 nitrogen and oxygen atoms in total. The third-order valence-electron chi connectivity index (χ3n) is 2.50. The normalized spacial score (nSPS) is 17.7. The fourth-order valence-electron chi connectivity index (χ4n) is 1.27. The zero-order valence-corrected chi connectivity index (χ0v) is 10.9. The van der Waals surface area contributed by atoms with E-state index in [0.717, 1.165) is 12.8 Å². The zero-order valence-electron chi connectivity index (χ0n) is 10.9. The maximum Gasteiger partial charge on any atom is 0.264 e. The minimum absolute atomic E-state index is 0.138. The van der Waals surface area contributed by atoms with Gasteiger partial charge in [-0.25, -0.2) is 0 Å². The third kappa shape index (κ3) is 5.72. The number of azo groups is 1. The molecule has 0 aromatic heterocycles. The summed E-state index contributed by atoms with van der Waals surface area (Å²) < 4.78 is 0. The molecule has 0 fully saturated rings. The van der Waals surface area contributed by atoms with Crippen molar-refractivity contribution in [2.75, 3.05) is 0 Å². The Kier molecular flexibility index (Phi) is 7.11. The number of unbranched alkanes of at least 4 members (excludes halogenated alkanes) is 2. The molecular weight excluding hydrogens is 232 g/mol. The first kappa shape index (κ1) is 16.5. The van der Waals surface area contributed by atoms with Gasteiger partial charge in [0.15, 0.2) is 0 Å². The fourth-order valence-corrected chi connectivity index (χ4v) is 1.27. The van der Waals surface area contributed by atoms with Crippen molar-refractivity contribution in [2.24, 2.45) is 10.2 Å². The maximum absolute atomic E-state index is 9.79. The van der Waals surface area contributed by atoms with Crippen molar-refractivity contribution in [2.45, 2.75) is 63.8 Å². The Balaban J connectivity index is 4.75. The summed E-state index contributed by atoms with van der Waals surface area (Å²) in [4.78, 5) is 0. The van der Waals surface area contributed by atoms with Gasteiger partial charge in [-0.2, -0.15) is 10.5 Å². The van der Waals surface area contributed by atoms with Crippen LogP contribution in [0.3, 0.4) is 0 Å². The molecule has 6 heteroatoms. The largest absolute Gasteiger partial charge is 0.357 e. The van der Waals surface area contributed by atoms with Crippen molar-refractivity contribution in [1.82, 2.24) is 0 Å². The molecule has 0 aromatic carbocycles. The van der Waals surface area contributed by atoms with Crippen molar-refractivity contribution in [3.63, 3.8) is 0 Å². The number of aliphatic hydroxyl groups is 2. The van der Waals surface area contributed by atoms with Gasteiger partial charge in [-0.3, -0.25) is 0 Å². The maximum atomic E-state index is 9.79. The molecule has 2 N–H and O–H groups in total. The third-order valence-corrected chi connectivity index (χ3v) is 2.50. The van der Waals surface area contributed by atoms with Gasteiger partial charge in [-0.05, 0) is 12.8 Å². The SMILES string of the molecule is CCCCC(O)(C#N)N=NC(O)(C#N)CCCC. The van der Waals surface area contributed by atoms with Crippen molar-refractivity contribution >= 4 is 0 Å². The van der Waals surface area contributed by atoms with Crippen LogP contribution in [0.2, 0.25) is 0 Å². The van der Waals surface area contributed by atoms with Crippen molar-refractivity contribution in [3.8, 4) is 12.1 Å². The van der Waals surface area contributed by atoms with Gasteiger partial charge in [0.2, 0.25) is 0 Å². The molecule has 0 aromatic rings. The monoisotopic (exact) mass is 252 g/mol. The van der Waals surface area contributed by atoms with Crippen LogP contribution in [-0.2, 0) is 0 Å². The number of nitriles is 2. The number of hydrogen-bond donors (Lipinski definition) is 2. The number of hydrogen-bond acceptors (Lipinski definition) is 6. The van der Waals surface area contributed by atoms with Crippen LogP contribution in [0.1, 0.15) is 52.4 Å². The summed E-state index contributed by atoms with van der Waals surface area (Å²) in [6.07, 6.45) is 3.11. The van der Waals surface area contributed by atoms with E-state index in [9.17, 15) is 10.2 Å². The molecule has 0 saturated heterocycles. The summed E-state index contributed by atoms with van der Waals surface area (Å²) in [5.74, 6) is 0. The summed E-state index contributed by atoms with van der Waals surface area (Å²) in [6, 6.07) is 3.28. The molecule has 0 aliphatic heterocycles. The van der Waals surface area contributed by atoms with Crippen molar-refractivity contribution in [3.05, 3.63) is 0 Å². The molecule has 0 saturated carbocycles. The Morgan fingerprint density at radius 2 is 1.22 bits per heavy atom. The van der Waals surface area contributed by atoms with Gasteiger partial charge in [-0.1, -0.05) is 26.7 Å². The Hall–Kier alpha value is -1.50. The first-order valence-electron chi connectivity index (χ1n) is 6.16. The molecule has 2 atom stereocenters. The fraction of sp³-hybridized carbons (Fsp3) is 0.833. The standard InChI is InChI=1S/C12H20N4O2/c1-3-5-7-11(17,9-13)15-16-12(18,10-14)8-6-4-2/h17-18H,3-8H2,1-2H3. The first-order chi connectivity index (χ1) is 8.45. The molecular formula is C12H20N4O2. The van der Waals surface area contributed by atoms with E-state index in [2.05, 4.69) is 10.2 Å². The van der Waals surface area contributed by atoms with Gasteiger partial charge in [-0.15, -0.1) is 10.2 Å². The van der Waals surface area contributed by atoms with E-state index in [1.165, 1.54) is 0 Å². The topological polar surface area (TPSA) is 113 Å². The van der Waals surface area contributed by atoms with E-state index >= 15 is 0 Å². The van der Waals surface area contributed by atoms with Crippen LogP contribution in [0.4, 0.5) is 0 Å². The summed E-state index contributed by atoms with van der Waals surface area (Å²) in [6.45, 7) is 3.84. The molecule has 0 aliphatic carbocycles. The van der Waals surface area contributed by atoms with Crippen molar-refractivity contribution < 1.29 is 10.2 Å². The van der Waals surface area contributed by atoms with Gasteiger partial charge >= 0.3 is 0 Å². The highest BCUT2D eigenvalue weighted by molar-refractivity contribution is 5.01. The molecule has 0 amide bonds. The second-order valence-corrected chi connectivity index (χ2v) is 4.26. The van der Waals surface area contributed by atoms with E-state index in [1.807, 2.05) is 13.8 Å². The summed E-state index contributed by atoms with van der Waals surface area (Å²) >= 11 is 0. The Morgan fingerprint density at radius 1 is 0.889 bits per heavy atom. The van der Waals surface area contributed by atoms with Crippen LogP contribution in [0.5, 0.6) is 0 Å². The van der Waals surface area contributed by atoms with Gasteiger partial charge < -0.3 is 10.2 Å². The second-order valence-electron chi connectivity index (χ2n) is 4.26. The minimum atomic E-state index is -1.95. The molecule has 2 unspecified atom stereocenters. The van der Waals surface area contributed by atoms with Crippen molar-refractivity contribution in [1.29, 1.82) is 10.5 Å². The first-order valence-corrected chi connectivity index (χ1v) is 6.16. The summed E-state index contributed by atoms with van der Waals surface area (Å²) in [7, 11) is 0. The van der Waals surface area contributed by atoms with Crippen LogP contribution in [0.15, 0.2) is 10.2 Å². The summed E-state index contributed by atoms with van der Waals surface area (Å²) in [5.41, 5.74) is -3.90. The highest BCUT2D eigenvalue weighted by Crippen LogP contribution is 2.21. The lowest BCUT2D eigenvalue weighted by molar-refractivity contribution is 0.0510. The predicted octanol–water partition coefficient (Wildman–Crippen LogP) is 2.24. The van der Waals surface area contributed by atoms with Gasteiger partial charge in [0.1, 0.15) is 12.1 Å². The average Bonchev–Trinajstić information content (AvgIpc) is 2.40. The van der Waals surface area contributed by atoms with E-state index in [-0.39, 0.29) is 12.8 Å². The van der Waals surface area contributed by atoms with E-state index in [4.69, 9.17) is 10.5 Å². The average molecular weight is 252 g/mol. The molecule has 100 valence electrons. The smallest absolute Gasteiger partial charge is 0.264 e. The lowest BCUT2D eigenvalue weighted by Gasteiger charge is -2.17. The van der Waals surface area contributed by atoms with E-state index < -0.39 is 11.4 Å². The lowest BCUT2D eigenvalue weighted by Crippen LogP contribution is -2.27. The van der Waals surface area contributed by atoms with Gasteiger partial charge in [0.05, 0.1) is 0 Å². The zero-order chi connectivity index (χ0) is 14.1. The van der Waals surface area contributed by atoms with Crippen LogP contribution in [-0.4, -0.2) is 21.7 Å². The van der Waals surface area contributed by atoms with E-state index in [0.29, 0.717) is 12.8 Å². The molecule has 0 rings (SSSR count). The molecule has 0 radical (unpaired) electrons. The molecule has 0 bridgehead atoms. The minimum Gasteiger partial charge on any atom is -0.357 e. The number of nitrogens with zero attached hydrogens (tertiary/aromatic N) is 4. The van der Waals surface area contributed by atoms with Gasteiger partial charge in [0, 0.05) is 12.8 Å². The van der Waals surface area contributed by atoms with Crippen LogP contribution in [0.25, 0.3) is 0 Å². The quantitative estimate of drug-likeness (QED) is 0.509. The predicted molar refractivity (Wildman–Crippen MR) is 65.0 cm³/mol. The molecule has 0 heterocycles. The second kappa shape index (κ2) is 7.75. The molecule has 0 aliphatic rings. The van der Waals surface area contributed by atoms with Gasteiger partial charge in [0.25, 0.3) is 11.4 Å². The van der Waals surface area contributed by atoms with Crippen LogP contribution in [0, 0.1) is 22.7 Å². The Labute approximate surface area is 108 Å². The van der Waals surface area contributed by atoms with E-state index in [1.54, 1.807) is 12.1 Å². The van der Waals surface area contributed by atoms with Crippen LogP contribution >= 0.6 is 0 Å². The molecule has 18 heavy (non-hydrogen) atoms. The van der Waals surface area contributed by atoms with Crippen LogP contribution < -0.4 is 0 Å². The Bertz CT molecular complexity index is 324. The lowest BCUT2D eigenvalue weighted by atomic mass is 10.1. The summed E-state index contributed by atoms with van der Waals surface area (Å²) in [5, 5.41) is 44.2. The highest BCUT2D eigenvalue weighted by atomic mass is 16.3. The highest BCUT2D eigenvalue weighted by Gasteiger charge is 2.30.